The van der Waals surface area contributed by atoms with Crippen molar-refractivity contribution in [3.05, 3.63) is 70.8 Å². The Morgan fingerprint density at radius 2 is 1.91 bits per heavy atom. The third-order valence-electron chi connectivity index (χ3n) is 3.65. The normalized spacial score (nSPS) is 12.3. The van der Waals surface area contributed by atoms with Crippen LogP contribution in [0.25, 0.3) is 11.3 Å². The summed E-state index contributed by atoms with van der Waals surface area (Å²) in [6.07, 6.45) is 4.33. The molecule has 2 N–H and O–H groups in total. The molecule has 112 valence electrons. The van der Waals surface area contributed by atoms with Gasteiger partial charge in [-0.15, -0.1) is 0 Å². The van der Waals surface area contributed by atoms with Crippen LogP contribution in [0.4, 0.5) is 0 Å². The first-order chi connectivity index (χ1) is 10.6. The Bertz CT molecular complexity index is 750. The Balaban J connectivity index is 1.85. The highest BCUT2D eigenvalue weighted by Gasteiger charge is 2.16. The molecule has 0 amide bonds. The van der Waals surface area contributed by atoms with Crippen molar-refractivity contribution >= 4 is 15.9 Å². The molecule has 2 aromatic heterocycles. The summed E-state index contributed by atoms with van der Waals surface area (Å²) in [5.74, 6) is 0.864. The van der Waals surface area contributed by atoms with E-state index < -0.39 is 0 Å². The molecule has 5 heteroatoms. The van der Waals surface area contributed by atoms with Gasteiger partial charge in [-0.05, 0) is 29.8 Å². The van der Waals surface area contributed by atoms with E-state index in [0.717, 1.165) is 27.2 Å². The third kappa shape index (κ3) is 3.10. The second kappa shape index (κ2) is 6.42. The zero-order chi connectivity index (χ0) is 15.5. The molecule has 0 unspecified atom stereocenters. The number of nitrogens with two attached hydrogens (primary N) is 1. The molecular formula is C17H17BrN4. The number of rotatable bonds is 4. The second-order valence-electron chi connectivity index (χ2n) is 5.20. The largest absolute Gasteiger partial charge is 0.330 e. The highest BCUT2D eigenvalue weighted by atomic mass is 79.9. The summed E-state index contributed by atoms with van der Waals surface area (Å²) in [5.41, 5.74) is 9.46. The number of imidazole rings is 1. The molecule has 0 saturated carbocycles. The van der Waals surface area contributed by atoms with E-state index in [4.69, 9.17) is 5.73 Å². The minimum absolute atomic E-state index is 0.177. The Morgan fingerprint density at radius 1 is 1.14 bits per heavy atom. The number of benzene rings is 1. The van der Waals surface area contributed by atoms with Crippen LogP contribution in [0.3, 0.4) is 0 Å². The fourth-order valence-electron chi connectivity index (χ4n) is 2.49. The smallest absolute Gasteiger partial charge is 0.126 e. The third-order valence-corrected chi connectivity index (χ3v) is 4.18. The molecule has 0 aliphatic carbocycles. The minimum Gasteiger partial charge on any atom is -0.330 e. The number of pyridine rings is 1. The van der Waals surface area contributed by atoms with E-state index in [1.54, 1.807) is 6.20 Å². The molecule has 1 aromatic carbocycles. The van der Waals surface area contributed by atoms with Gasteiger partial charge in [-0.3, -0.25) is 4.98 Å². The van der Waals surface area contributed by atoms with Crippen LogP contribution in [-0.4, -0.2) is 14.5 Å². The van der Waals surface area contributed by atoms with Crippen molar-refractivity contribution in [1.82, 2.24) is 14.5 Å². The highest BCUT2D eigenvalue weighted by molar-refractivity contribution is 9.10. The molecule has 0 radical (unpaired) electrons. The van der Waals surface area contributed by atoms with E-state index in [1.807, 2.05) is 43.6 Å². The molecule has 22 heavy (non-hydrogen) atoms. The van der Waals surface area contributed by atoms with Crippen molar-refractivity contribution in [2.75, 3.05) is 0 Å². The fraction of sp³-hybridized carbons (Fsp3) is 0.176. The van der Waals surface area contributed by atoms with Gasteiger partial charge in [-0.25, -0.2) is 4.98 Å². The highest BCUT2D eigenvalue weighted by Crippen LogP contribution is 2.24. The molecule has 3 rings (SSSR count). The summed E-state index contributed by atoms with van der Waals surface area (Å²) >= 11 is 3.45. The number of nitrogens with zero attached hydrogens (tertiary/aromatic N) is 3. The molecule has 0 fully saturated rings. The Morgan fingerprint density at radius 3 is 2.59 bits per heavy atom. The van der Waals surface area contributed by atoms with E-state index >= 15 is 0 Å². The van der Waals surface area contributed by atoms with Gasteiger partial charge in [0, 0.05) is 29.8 Å². The van der Waals surface area contributed by atoms with Crippen molar-refractivity contribution in [3.8, 4) is 11.3 Å². The lowest BCUT2D eigenvalue weighted by molar-refractivity contribution is 0.626. The summed E-state index contributed by atoms with van der Waals surface area (Å²) in [6.45, 7) is 0. The topological polar surface area (TPSA) is 56.7 Å². The summed E-state index contributed by atoms with van der Waals surface area (Å²) < 4.78 is 3.11. The summed E-state index contributed by atoms with van der Waals surface area (Å²) in [4.78, 5) is 8.84. The standard InChI is InChI=1S/C17H17BrN4/c1-22-16(12-5-7-13(18)8-6-12)11-21-17(22)15(19)10-14-4-2-3-9-20-14/h2-9,11,15H,10,19H2,1H3/t15-/m0/s1. The van der Waals surface area contributed by atoms with Gasteiger partial charge in [0.2, 0.25) is 0 Å². The van der Waals surface area contributed by atoms with Gasteiger partial charge in [-0.2, -0.15) is 0 Å². The van der Waals surface area contributed by atoms with Crippen LogP contribution < -0.4 is 5.73 Å². The van der Waals surface area contributed by atoms with Gasteiger partial charge in [0.05, 0.1) is 17.9 Å². The Labute approximate surface area is 138 Å². The lowest BCUT2D eigenvalue weighted by Gasteiger charge is -2.12. The van der Waals surface area contributed by atoms with Gasteiger partial charge in [0.15, 0.2) is 0 Å². The minimum atomic E-state index is -0.177. The molecule has 0 bridgehead atoms. The van der Waals surface area contributed by atoms with Crippen molar-refractivity contribution in [3.63, 3.8) is 0 Å². The van der Waals surface area contributed by atoms with Crippen molar-refractivity contribution in [2.45, 2.75) is 12.5 Å². The molecule has 0 saturated heterocycles. The number of halogens is 1. The molecule has 1 atom stereocenters. The lowest BCUT2D eigenvalue weighted by Crippen LogP contribution is -2.18. The second-order valence-corrected chi connectivity index (χ2v) is 6.11. The quantitative estimate of drug-likeness (QED) is 0.778. The fourth-order valence-corrected chi connectivity index (χ4v) is 2.76. The first-order valence-electron chi connectivity index (χ1n) is 7.08. The Hall–Kier alpha value is -1.98. The van der Waals surface area contributed by atoms with Crippen molar-refractivity contribution < 1.29 is 0 Å². The molecule has 4 nitrogen and oxygen atoms in total. The average molecular weight is 357 g/mol. The van der Waals surface area contributed by atoms with Crippen molar-refractivity contribution in [1.29, 1.82) is 0 Å². The summed E-state index contributed by atoms with van der Waals surface area (Å²) in [7, 11) is 2.00. The van der Waals surface area contributed by atoms with Crippen LogP contribution in [0.1, 0.15) is 17.6 Å². The maximum Gasteiger partial charge on any atom is 0.126 e. The van der Waals surface area contributed by atoms with E-state index in [1.165, 1.54) is 0 Å². The van der Waals surface area contributed by atoms with E-state index in [-0.39, 0.29) is 6.04 Å². The lowest BCUT2D eigenvalue weighted by atomic mass is 10.1. The van der Waals surface area contributed by atoms with Gasteiger partial charge < -0.3 is 10.3 Å². The van der Waals surface area contributed by atoms with E-state index in [2.05, 4.69) is 42.6 Å². The van der Waals surface area contributed by atoms with Gasteiger partial charge in [-0.1, -0.05) is 34.1 Å². The van der Waals surface area contributed by atoms with Gasteiger partial charge >= 0.3 is 0 Å². The zero-order valence-corrected chi connectivity index (χ0v) is 13.9. The molecule has 3 aromatic rings. The molecular weight excluding hydrogens is 340 g/mol. The number of hydrogen-bond acceptors (Lipinski definition) is 3. The van der Waals surface area contributed by atoms with Gasteiger partial charge in [0.1, 0.15) is 5.82 Å². The Kier molecular flexibility index (Phi) is 4.36. The summed E-state index contributed by atoms with van der Waals surface area (Å²) in [6, 6.07) is 13.9. The van der Waals surface area contributed by atoms with Crippen LogP contribution in [0, 0.1) is 0 Å². The van der Waals surface area contributed by atoms with Crippen LogP contribution >= 0.6 is 15.9 Å². The molecule has 0 spiro atoms. The molecule has 0 aliphatic rings. The van der Waals surface area contributed by atoms with E-state index in [0.29, 0.717) is 6.42 Å². The van der Waals surface area contributed by atoms with E-state index in [9.17, 15) is 0 Å². The molecule has 2 heterocycles. The monoisotopic (exact) mass is 356 g/mol. The van der Waals surface area contributed by atoms with Gasteiger partial charge in [0.25, 0.3) is 0 Å². The summed E-state index contributed by atoms with van der Waals surface area (Å²) in [5, 5.41) is 0. The molecule has 0 aliphatic heterocycles. The predicted octanol–water partition coefficient (Wildman–Crippen LogP) is 3.49. The van der Waals surface area contributed by atoms with Crippen LogP contribution in [0.2, 0.25) is 0 Å². The van der Waals surface area contributed by atoms with Crippen molar-refractivity contribution in [2.24, 2.45) is 12.8 Å². The van der Waals surface area contributed by atoms with Crippen LogP contribution in [0.15, 0.2) is 59.3 Å². The SMILES string of the molecule is Cn1c(-c2ccc(Br)cc2)cnc1[C@@H](N)Cc1ccccn1. The maximum absolute atomic E-state index is 6.31. The maximum atomic E-state index is 6.31. The number of hydrogen-bond donors (Lipinski definition) is 1. The zero-order valence-electron chi connectivity index (χ0n) is 12.3. The first kappa shape index (κ1) is 14.9. The van der Waals surface area contributed by atoms with Crippen LogP contribution in [-0.2, 0) is 13.5 Å². The number of aromatic nitrogens is 3. The first-order valence-corrected chi connectivity index (χ1v) is 7.87. The van der Waals surface area contributed by atoms with Crippen LogP contribution in [0.5, 0.6) is 0 Å². The predicted molar refractivity (Wildman–Crippen MR) is 91.2 cm³/mol. The average Bonchev–Trinajstić information content (AvgIpc) is 2.91.